The van der Waals surface area contributed by atoms with E-state index in [1.807, 2.05) is 32.0 Å². The van der Waals surface area contributed by atoms with Crippen molar-refractivity contribution in [2.45, 2.75) is 78.1 Å². The fourth-order valence-electron chi connectivity index (χ4n) is 4.32. The molecular weight excluding hydrogens is 501 g/mol. The Morgan fingerprint density at radius 2 is 1.74 bits per heavy atom. The standard InChI is InChI=1S/C28H47F3N2O5/c1-18(2)21(14-20-8-9-25(37-6)26(15-20)38-13-7-12-36-5)16-23(32)24(34)17-22(19(3)4)27(35)33-11-10-28(29,30)31/h8-9,15,18-19,21-24,34H,7,10-14,16-17,32H2,1-6H3,(H,33,35)/t21-,22-,23-,24?/m0/s1. The highest BCUT2D eigenvalue weighted by molar-refractivity contribution is 5.78. The lowest BCUT2D eigenvalue weighted by Crippen LogP contribution is -2.43. The highest BCUT2D eigenvalue weighted by atomic mass is 19.4. The van der Waals surface area contributed by atoms with Crippen molar-refractivity contribution >= 4 is 5.91 Å². The number of nitrogens with one attached hydrogen (secondary N) is 1. The fraction of sp³-hybridized carbons (Fsp3) is 0.750. The second-order valence-electron chi connectivity index (χ2n) is 10.6. The summed E-state index contributed by atoms with van der Waals surface area (Å²) in [6.07, 6.45) is -4.32. The summed E-state index contributed by atoms with van der Waals surface area (Å²) in [5, 5.41) is 13.2. The third-order valence-corrected chi connectivity index (χ3v) is 6.83. The summed E-state index contributed by atoms with van der Waals surface area (Å²) in [7, 11) is 3.24. The van der Waals surface area contributed by atoms with E-state index in [-0.39, 0.29) is 24.2 Å². The summed E-state index contributed by atoms with van der Waals surface area (Å²) in [4.78, 5) is 12.5. The van der Waals surface area contributed by atoms with Crippen LogP contribution in [0.3, 0.4) is 0 Å². The van der Waals surface area contributed by atoms with Gasteiger partial charge in [0.2, 0.25) is 5.91 Å². The van der Waals surface area contributed by atoms with Crippen LogP contribution in [0.5, 0.6) is 11.5 Å². The number of nitrogens with two attached hydrogens (primary N) is 1. The number of carbonyl (C=O) groups excluding carboxylic acids is 1. The summed E-state index contributed by atoms with van der Waals surface area (Å²) < 4.78 is 53.7. The van der Waals surface area contributed by atoms with E-state index in [0.717, 1.165) is 12.0 Å². The first-order valence-corrected chi connectivity index (χ1v) is 13.4. The van der Waals surface area contributed by atoms with Crippen LogP contribution in [0.25, 0.3) is 0 Å². The number of aliphatic hydroxyl groups is 1. The zero-order valence-electron chi connectivity index (χ0n) is 23.6. The SMILES string of the molecule is COCCCOc1cc(C[C@@H](C[C@H](N)C(O)C[C@H](C(=O)NCCC(F)(F)F)C(C)C)C(C)C)ccc1OC. The van der Waals surface area contributed by atoms with Crippen molar-refractivity contribution in [3.05, 3.63) is 23.8 Å². The van der Waals surface area contributed by atoms with E-state index in [4.69, 9.17) is 19.9 Å². The molecule has 0 aliphatic heterocycles. The maximum absolute atomic E-state index is 12.5. The molecule has 0 bridgehead atoms. The van der Waals surface area contributed by atoms with Gasteiger partial charge in [-0.1, -0.05) is 33.8 Å². The van der Waals surface area contributed by atoms with Gasteiger partial charge in [0.1, 0.15) is 0 Å². The van der Waals surface area contributed by atoms with Gasteiger partial charge in [-0.2, -0.15) is 13.2 Å². The molecule has 0 aromatic heterocycles. The summed E-state index contributed by atoms with van der Waals surface area (Å²) in [5.41, 5.74) is 7.45. The zero-order valence-corrected chi connectivity index (χ0v) is 23.6. The first-order chi connectivity index (χ1) is 17.8. The van der Waals surface area contributed by atoms with Gasteiger partial charge in [-0.3, -0.25) is 4.79 Å². The van der Waals surface area contributed by atoms with Crippen LogP contribution in [-0.4, -0.2) is 63.3 Å². The Labute approximate surface area is 225 Å². The molecule has 0 heterocycles. The van der Waals surface area contributed by atoms with Crippen LogP contribution >= 0.6 is 0 Å². The molecule has 1 unspecified atom stereocenters. The van der Waals surface area contributed by atoms with Crippen LogP contribution in [0.4, 0.5) is 13.2 Å². The number of benzene rings is 1. The first-order valence-electron chi connectivity index (χ1n) is 13.4. The van der Waals surface area contributed by atoms with Gasteiger partial charge in [0, 0.05) is 38.6 Å². The van der Waals surface area contributed by atoms with Crippen LogP contribution in [0.2, 0.25) is 0 Å². The van der Waals surface area contributed by atoms with Crippen molar-refractivity contribution in [2.24, 2.45) is 29.4 Å². The van der Waals surface area contributed by atoms with E-state index in [1.165, 1.54) is 0 Å². The van der Waals surface area contributed by atoms with Crippen molar-refractivity contribution in [2.75, 3.05) is 34.0 Å². The summed E-state index contributed by atoms with van der Waals surface area (Å²) >= 11 is 0. The van der Waals surface area contributed by atoms with Crippen molar-refractivity contribution in [1.29, 1.82) is 0 Å². The fourth-order valence-corrected chi connectivity index (χ4v) is 4.32. The number of amides is 1. The Balaban J connectivity index is 2.82. The Morgan fingerprint density at radius 3 is 2.29 bits per heavy atom. The smallest absolute Gasteiger partial charge is 0.390 e. The van der Waals surface area contributed by atoms with E-state index in [1.54, 1.807) is 14.2 Å². The Morgan fingerprint density at radius 1 is 1.05 bits per heavy atom. The maximum Gasteiger partial charge on any atom is 0.390 e. The molecule has 0 radical (unpaired) electrons. The highest BCUT2D eigenvalue weighted by Gasteiger charge is 2.31. The lowest BCUT2D eigenvalue weighted by molar-refractivity contribution is -0.137. The number of alkyl halides is 3. The number of aliphatic hydroxyl groups excluding tert-OH is 1. The summed E-state index contributed by atoms with van der Waals surface area (Å²) in [6, 6.07) is 5.23. The zero-order chi connectivity index (χ0) is 28.9. The molecule has 220 valence electrons. The molecule has 0 saturated heterocycles. The molecule has 1 aromatic rings. The Hall–Kier alpha value is -2.04. The minimum Gasteiger partial charge on any atom is -0.493 e. The van der Waals surface area contributed by atoms with E-state index in [9.17, 15) is 23.1 Å². The average molecular weight is 549 g/mol. The predicted molar refractivity (Wildman–Crippen MR) is 142 cm³/mol. The molecule has 0 aliphatic rings. The number of methoxy groups -OCH3 is 2. The number of rotatable bonds is 18. The van der Waals surface area contributed by atoms with E-state index < -0.39 is 43.1 Å². The highest BCUT2D eigenvalue weighted by Crippen LogP contribution is 2.32. The van der Waals surface area contributed by atoms with Gasteiger partial charge in [0.25, 0.3) is 0 Å². The Kier molecular flexibility index (Phi) is 15.0. The molecule has 0 fully saturated rings. The number of hydrogen-bond acceptors (Lipinski definition) is 6. The second kappa shape index (κ2) is 16.8. The summed E-state index contributed by atoms with van der Waals surface area (Å²) in [5.74, 6) is 0.427. The monoisotopic (exact) mass is 548 g/mol. The van der Waals surface area contributed by atoms with Gasteiger partial charge in [-0.25, -0.2) is 0 Å². The minimum atomic E-state index is -4.34. The molecule has 38 heavy (non-hydrogen) atoms. The third kappa shape index (κ3) is 12.7. The van der Waals surface area contributed by atoms with E-state index in [0.29, 0.717) is 37.6 Å². The molecular formula is C28H47F3N2O5. The number of halogens is 3. The number of carbonyl (C=O) groups is 1. The molecule has 10 heteroatoms. The lowest BCUT2D eigenvalue weighted by Gasteiger charge is -2.30. The maximum atomic E-state index is 12.5. The van der Waals surface area contributed by atoms with Crippen molar-refractivity contribution < 1.29 is 37.3 Å². The molecule has 7 nitrogen and oxygen atoms in total. The second-order valence-corrected chi connectivity index (χ2v) is 10.6. The van der Waals surface area contributed by atoms with Gasteiger partial charge in [0.05, 0.1) is 26.2 Å². The molecule has 1 aromatic carbocycles. The number of ether oxygens (including phenoxy) is 3. The molecule has 0 saturated carbocycles. The summed E-state index contributed by atoms with van der Waals surface area (Å²) in [6.45, 7) is 8.43. The van der Waals surface area contributed by atoms with Crippen molar-refractivity contribution in [3.8, 4) is 11.5 Å². The molecule has 0 spiro atoms. The van der Waals surface area contributed by atoms with Crippen LogP contribution in [0, 0.1) is 23.7 Å². The van der Waals surface area contributed by atoms with Crippen molar-refractivity contribution in [3.63, 3.8) is 0 Å². The molecule has 1 amide bonds. The van der Waals surface area contributed by atoms with E-state index >= 15 is 0 Å². The largest absolute Gasteiger partial charge is 0.493 e. The van der Waals surface area contributed by atoms with Gasteiger partial charge >= 0.3 is 6.18 Å². The predicted octanol–water partition coefficient (Wildman–Crippen LogP) is 4.73. The lowest BCUT2D eigenvalue weighted by atomic mass is 9.81. The molecule has 1 rings (SSSR count). The number of hydrogen-bond donors (Lipinski definition) is 3. The van der Waals surface area contributed by atoms with Gasteiger partial charge in [0.15, 0.2) is 11.5 Å². The molecule has 4 atom stereocenters. The van der Waals surface area contributed by atoms with Crippen LogP contribution in [-0.2, 0) is 16.0 Å². The van der Waals surface area contributed by atoms with E-state index in [2.05, 4.69) is 19.2 Å². The molecule has 0 aliphatic carbocycles. The minimum absolute atomic E-state index is 0.0868. The van der Waals surface area contributed by atoms with Crippen LogP contribution in [0.15, 0.2) is 18.2 Å². The topological polar surface area (TPSA) is 103 Å². The Bertz CT molecular complexity index is 820. The first kappa shape index (κ1) is 34.0. The van der Waals surface area contributed by atoms with Gasteiger partial charge < -0.3 is 30.4 Å². The quantitative estimate of drug-likeness (QED) is 0.229. The van der Waals surface area contributed by atoms with Crippen LogP contribution in [0.1, 0.15) is 58.9 Å². The molecule has 4 N–H and O–H groups in total. The normalized spacial score (nSPS) is 15.3. The average Bonchev–Trinajstić information content (AvgIpc) is 2.83. The van der Waals surface area contributed by atoms with Gasteiger partial charge in [-0.15, -0.1) is 0 Å². The van der Waals surface area contributed by atoms with Crippen LogP contribution < -0.4 is 20.5 Å². The van der Waals surface area contributed by atoms with Crippen molar-refractivity contribution in [1.82, 2.24) is 5.32 Å². The third-order valence-electron chi connectivity index (χ3n) is 6.83. The van der Waals surface area contributed by atoms with Gasteiger partial charge in [-0.05, 0) is 54.7 Å².